The Morgan fingerprint density at radius 2 is 2.10 bits per heavy atom. The van der Waals surface area contributed by atoms with Crippen molar-refractivity contribution in [1.82, 2.24) is 14.9 Å². The highest BCUT2D eigenvalue weighted by molar-refractivity contribution is 7.91. The van der Waals surface area contributed by atoms with Crippen molar-refractivity contribution < 1.29 is 22.7 Å². The number of sulfone groups is 1. The summed E-state index contributed by atoms with van der Waals surface area (Å²) in [6.45, 7) is 2.05. The highest BCUT2D eigenvalue weighted by Crippen LogP contribution is 2.39. The third kappa shape index (κ3) is 4.17. The van der Waals surface area contributed by atoms with Gasteiger partial charge in [0.25, 0.3) is 0 Å². The van der Waals surface area contributed by atoms with Gasteiger partial charge >= 0.3 is 6.03 Å². The number of carbonyl (C=O) groups is 1. The van der Waals surface area contributed by atoms with Gasteiger partial charge in [-0.2, -0.15) is 0 Å². The van der Waals surface area contributed by atoms with Crippen molar-refractivity contribution in [2.24, 2.45) is 0 Å². The summed E-state index contributed by atoms with van der Waals surface area (Å²) in [7, 11) is -1.61. The van der Waals surface area contributed by atoms with Crippen LogP contribution in [0.5, 0.6) is 5.88 Å². The van der Waals surface area contributed by atoms with Crippen LogP contribution in [0.3, 0.4) is 0 Å². The Morgan fingerprint density at radius 3 is 2.76 bits per heavy atom. The van der Waals surface area contributed by atoms with Gasteiger partial charge in [-0.15, -0.1) is 0 Å². The molecule has 2 aliphatic rings. The monoisotopic (exact) mass is 440 g/mol. The zero-order valence-electron chi connectivity index (χ0n) is 16.4. The minimum Gasteiger partial charge on any atom is -0.479 e. The quantitative estimate of drug-likeness (QED) is 0.776. The Balaban J connectivity index is 1.57. The highest BCUT2D eigenvalue weighted by atomic mass is 32.2. The number of carbonyl (C=O) groups excluding carboxylic acids is 1. The van der Waals surface area contributed by atoms with E-state index in [2.05, 4.69) is 15.3 Å². The highest BCUT2D eigenvalue weighted by Gasteiger charge is 2.33. The van der Waals surface area contributed by atoms with Crippen molar-refractivity contribution in [3.8, 4) is 5.88 Å². The zero-order valence-corrected chi connectivity index (χ0v) is 18.0. The van der Waals surface area contributed by atoms with Gasteiger partial charge in [-0.3, -0.25) is 5.32 Å². The summed E-state index contributed by atoms with van der Waals surface area (Å²) in [4.78, 5) is 23.1. The number of hydrogen-bond donors (Lipinski definition) is 1. The van der Waals surface area contributed by atoms with E-state index in [-0.39, 0.29) is 12.6 Å². The van der Waals surface area contributed by atoms with Gasteiger partial charge in [0, 0.05) is 38.8 Å². The average Bonchev–Trinajstić information content (AvgIpc) is 3.35. The second kappa shape index (κ2) is 8.04. The number of urea groups is 1. The molecule has 0 bridgehead atoms. The summed E-state index contributed by atoms with van der Waals surface area (Å²) in [5.74, 6) is 0.758. The molecule has 1 atom stereocenters. The molecular weight excluding hydrogens is 416 g/mol. The first-order chi connectivity index (χ1) is 13.9. The van der Waals surface area contributed by atoms with E-state index in [1.807, 2.05) is 6.20 Å². The molecular formula is C18H24N4O5S2. The lowest BCUT2D eigenvalue weighted by molar-refractivity contribution is 0.0855. The fourth-order valence-corrected chi connectivity index (χ4v) is 5.86. The summed E-state index contributed by atoms with van der Waals surface area (Å²) >= 11 is 1.39. The van der Waals surface area contributed by atoms with Crippen LogP contribution in [0.2, 0.25) is 0 Å². The number of thiazole rings is 1. The van der Waals surface area contributed by atoms with Crippen LogP contribution in [0.4, 0.5) is 9.93 Å². The molecule has 0 radical (unpaired) electrons. The van der Waals surface area contributed by atoms with E-state index in [4.69, 9.17) is 9.47 Å². The van der Waals surface area contributed by atoms with E-state index in [0.29, 0.717) is 35.4 Å². The molecule has 2 aromatic heterocycles. The van der Waals surface area contributed by atoms with E-state index in [1.54, 1.807) is 7.11 Å². The van der Waals surface area contributed by atoms with Crippen LogP contribution in [0.1, 0.15) is 30.7 Å². The van der Waals surface area contributed by atoms with Gasteiger partial charge in [-0.25, -0.2) is 23.2 Å². The molecule has 11 heteroatoms. The Labute approximate surface area is 173 Å². The van der Waals surface area contributed by atoms with Crippen molar-refractivity contribution in [3.05, 3.63) is 11.8 Å². The lowest BCUT2D eigenvalue weighted by Gasteiger charge is -2.22. The predicted molar refractivity (Wildman–Crippen MR) is 111 cm³/mol. The maximum atomic E-state index is 12.6. The Hall–Kier alpha value is -1.98. The minimum absolute atomic E-state index is 0.202. The zero-order chi connectivity index (χ0) is 20.6. The molecule has 0 aromatic carbocycles. The average molecular weight is 441 g/mol. The molecule has 2 saturated heterocycles. The van der Waals surface area contributed by atoms with Crippen molar-refractivity contribution in [2.75, 3.05) is 45.0 Å². The third-order valence-corrected chi connectivity index (χ3v) is 8.13. The lowest BCUT2D eigenvalue weighted by Crippen LogP contribution is -2.34. The van der Waals surface area contributed by atoms with Gasteiger partial charge in [-0.05, 0) is 30.7 Å². The number of anilines is 1. The number of amides is 2. The molecule has 4 heterocycles. The second-order valence-electron chi connectivity index (χ2n) is 7.42. The number of likely N-dealkylation sites (tertiary alicyclic amines) is 1. The molecule has 0 unspecified atom stereocenters. The van der Waals surface area contributed by atoms with Gasteiger partial charge in [0.05, 0.1) is 17.1 Å². The lowest BCUT2D eigenvalue weighted by atomic mass is 9.93. The number of hydrogen-bond acceptors (Lipinski definition) is 8. The van der Waals surface area contributed by atoms with E-state index < -0.39 is 15.1 Å². The number of nitrogens with zero attached hydrogens (tertiary/aromatic N) is 3. The molecule has 158 valence electrons. The predicted octanol–water partition coefficient (Wildman–Crippen LogP) is 2.24. The molecule has 9 nitrogen and oxygen atoms in total. The fraction of sp³-hybridized carbons (Fsp3) is 0.611. The Morgan fingerprint density at radius 1 is 1.34 bits per heavy atom. The van der Waals surface area contributed by atoms with Crippen LogP contribution in [0.25, 0.3) is 10.2 Å². The van der Waals surface area contributed by atoms with Crippen molar-refractivity contribution in [1.29, 1.82) is 0 Å². The number of nitrogens with one attached hydrogen (secondary N) is 1. The first kappa shape index (κ1) is 20.3. The van der Waals surface area contributed by atoms with Crippen molar-refractivity contribution in [3.63, 3.8) is 0 Å². The summed E-state index contributed by atoms with van der Waals surface area (Å²) in [6, 6.07) is -0.338. The second-order valence-corrected chi connectivity index (χ2v) is 10.7. The maximum absolute atomic E-state index is 12.6. The van der Waals surface area contributed by atoms with Crippen LogP contribution in [-0.2, 0) is 14.6 Å². The van der Waals surface area contributed by atoms with Gasteiger partial charge in [0.15, 0.2) is 15.0 Å². The van der Waals surface area contributed by atoms with Crippen LogP contribution in [0.15, 0.2) is 6.20 Å². The smallest absolute Gasteiger partial charge is 0.323 e. The van der Waals surface area contributed by atoms with Gasteiger partial charge in [0.2, 0.25) is 5.88 Å². The first-order valence-electron chi connectivity index (χ1n) is 9.52. The van der Waals surface area contributed by atoms with E-state index in [0.717, 1.165) is 36.3 Å². The number of ether oxygens (including phenoxy) is 2. The molecule has 2 aliphatic heterocycles. The number of rotatable bonds is 4. The van der Waals surface area contributed by atoms with Crippen molar-refractivity contribution in [2.45, 2.75) is 30.4 Å². The molecule has 29 heavy (non-hydrogen) atoms. The molecule has 2 amide bonds. The molecule has 2 fully saturated rings. The van der Waals surface area contributed by atoms with Crippen LogP contribution in [-0.4, -0.2) is 74.2 Å². The summed E-state index contributed by atoms with van der Waals surface area (Å²) in [6.07, 6.45) is 5.34. The largest absolute Gasteiger partial charge is 0.479 e. The normalized spacial score (nSPS) is 20.9. The molecule has 2 aromatic rings. The van der Waals surface area contributed by atoms with Gasteiger partial charge in [0.1, 0.15) is 5.52 Å². The molecule has 4 rings (SSSR count). The topological polar surface area (TPSA) is 111 Å². The molecule has 0 aliphatic carbocycles. The first-order valence-corrected chi connectivity index (χ1v) is 12.3. The van der Waals surface area contributed by atoms with Gasteiger partial charge in [-0.1, -0.05) is 11.3 Å². The summed E-state index contributed by atoms with van der Waals surface area (Å²) in [5.41, 5.74) is 1.73. The van der Waals surface area contributed by atoms with E-state index >= 15 is 0 Å². The third-order valence-electron chi connectivity index (χ3n) is 5.52. The molecule has 0 saturated carbocycles. The molecule has 1 N–H and O–H groups in total. The fourth-order valence-electron chi connectivity index (χ4n) is 3.84. The van der Waals surface area contributed by atoms with Crippen LogP contribution >= 0.6 is 11.3 Å². The van der Waals surface area contributed by atoms with Gasteiger partial charge < -0.3 is 14.4 Å². The van der Waals surface area contributed by atoms with Crippen LogP contribution < -0.4 is 10.1 Å². The number of pyridine rings is 1. The Kier molecular flexibility index (Phi) is 5.63. The number of fused-ring (bicyclic) bond motifs is 1. The standard InChI is InChI=1S/C18H24N4O5S2/c1-26-16-14-15(13(9-19-16)11-4-7-27-8-5-11)28-17(20-14)21-18(23)22-6-3-12(10-22)29(2,24)25/h9,11-12H,3-8,10H2,1-2H3,(H,20,21,23)/t12-/m0/s1. The summed E-state index contributed by atoms with van der Waals surface area (Å²) < 4.78 is 35.2. The maximum Gasteiger partial charge on any atom is 0.323 e. The van der Waals surface area contributed by atoms with E-state index in [1.165, 1.54) is 22.5 Å². The Bertz CT molecular complexity index is 1020. The minimum atomic E-state index is -3.16. The SMILES string of the molecule is COc1ncc(C2CCOCC2)c2sc(NC(=O)N3CC[C@H](S(C)(=O)=O)C3)nc12. The summed E-state index contributed by atoms with van der Waals surface area (Å²) in [5, 5.41) is 2.76. The van der Waals surface area contributed by atoms with Crippen LogP contribution in [0, 0.1) is 0 Å². The number of methoxy groups -OCH3 is 1. The molecule has 0 spiro atoms. The van der Waals surface area contributed by atoms with Crippen molar-refractivity contribution >= 4 is 42.6 Å². The number of aromatic nitrogens is 2. The van der Waals surface area contributed by atoms with E-state index in [9.17, 15) is 13.2 Å².